The summed E-state index contributed by atoms with van der Waals surface area (Å²) in [4.78, 5) is 13.8. The fourth-order valence-electron chi connectivity index (χ4n) is 2.90. The molecule has 1 aromatic carbocycles. The van der Waals surface area contributed by atoms with Crippen LogP contribution >= 0.6 is 0 Å². The Hall–Kier alpha value is -1.62. The lowest BCUT2D eigenvalue weighted by Gasteiger charge is -2.30. The van der Waals surface area contributed by atoms with Gasteiger partial charge in [0.15, 0.2) is 11.6 Å². The molecule has 0 bridgehead atoms. The summed E-state index contributed by atoms with van der Waals surface area (Å²) >= 11 is 0. The molecule has 0 saturated carbocycles. The molecule has 23 heavy (non-hydrogen) atoms. The van der Waals surface area contributed by atoms with Gasteiger partial charge in [-0.2, -0.15) is 0 Å². The van der Waals surface area contributed by atoms with Gasteiger partial charge in [0.2, 0.25) is 0 Å². The molecule has 0 N–H and O–H groups in total. The maximum atomic E-state index is 14.0. The number of ether oxygens (including phenoxy) is 2. The monoisotopic (exact) mass is 323 g/mol. The molecule has 4 nitrogen and oxygen atoms in total. The van der Waals surface area contributed by atoms with E-state index < -0.39 is 0 Å². The summed E-state index contributed by atoms with van der Waals surface area (Å²) in [6.45, 7) is 6.40. The molecule has 1 aromatic rings. The van der Waals surface area contributed by atoms with Crippen molar-refractivity contribution in [2.45, 2.75) is 39.2 Å². The van der Waals surface area contributed by atoms with Crippen molar-refractivity contribution in [2.24, 2.45) is 5.92 Å². The highest BCUT2D eigenvalue weighted by molar-refractivity contribution is 5.72. The predicted molar refractivity (Wildman–Crippen MR) is 87.0 cm³/mol. The molecule has 0 radical (unpaired) electrons. The summed E-state index contributed by atoms with van der Waals surface area (Å²) in [5.74, 6) is -0.0723. The van der Waals surface area contributed by atoms with Gasteiger partial charge in [0.1, 0.15) is 0 Å². The summed E-state index contributed by atoms with van der Waals surface area (Å²) in [5, 5.41) is 0. The maximum absolute atomic E-state index is 14.0. The first kappa shape index (κ1) is 17.7. The molecule has 128 valence electrons. The van der Waals surface area contributed by atoms with Crippen molar-refractivity contribution in [1.29, 1.82) is 0 Å². The van der Waals surface area contributed by atoms with E-state index >= 15 is 0 Å². The van der Waals surface area contributed by atoms with Crippen LogP contribution in [0.2, 0.25) is 0 Å². The van der Waals surface area contributed by atoms with Crippen LogP contribution in [0.1, 0.15) is 32.3 Å². The van der Waals surface area contributed by atoms with Gasteiger partial charge in [-0.15, -0.1) is 0 Å². The summed E-state index contributed by atoms with van der Waals surface area (Å²) in [7, 11) is 1.44. The van der Waals surface area contributed by atoms with E-state index in [0.29, 0.717) is 5.75 Å². The van der Waals surface area contributed by atoms with Crippen LogP contribution in [0.3, 0.4) is 0 Å². The Morgan fingerprint density at radius 3 is 2.61 bits per heavy atom. The molecule has 0 amide bonds. The van der Waals surface area contributed by atoms with Crippen molar-refractivity contribution >= 4 is 5.97 Å². The predicted octanol–water partition coefficient (Wildman–Crippen LogP) is 3.04. The van der Waals surface area contributed by atoms with Crippen molar-refractivity contribution in [1.82, 2.24) is 4.90 Å². The number of nitrogens with zero attached hydrogens (tertiary/aromatic N) is 1. The molecule has 1 heterocycles. The van der Waals surface area contributed by atoms with E-state index in [1.165, 1.54) is 7.11 Å². The summed E-state index contributed by atoms with van der Waals surface area (Å²) in [5.41, 5.74) is 0.966. The van der Waals surface area contributed by atoms with Crippen LogP contribution < -0.4 is 4.74 Å². The zero-order valence-electron chi connectivity index (χ0n) is 14.2. The second-order valence-corrected chi connectivity index (χ2v) is 6.32. The molecule has 0 atom stereocenters. The normalized spacial score (nSPS) is 16.6. The average Bonchev–Trinajstić information content (AvgIpc) is 2.54. The number of carbonyl (C=O) groups is 1. The molecule has 1 aliphatic rings. The maximum Gasteiger partial charge on any atom is 0.308 e. The first-order chi connectivity index (χ1) is 11.0. The lowest BCUT2D eigenvalue weighted by Crippen LogP contribution is -2.37. The summed E-state index contributed by atoms with van der Waals surface area (Å²) in [6.07, 6.45) is 2.43. The van der Waals surface area contributed by atoms with E-state index in [4.69, 9.17) is 9.47 Å². The van der Waals surface area contributed by atoms with Gasteiger partial charge in [0.05, 0.1) is 19.1 Å². The van der Waals surface area contributed by atoms with Crippen LogP contribution in [0.4, 0.5) is 4.39 Å². The van der Waals surface area contributed by atoms with Gasteiger partial charge in [-0.3, -0.25) is 4.79 Å². The van der Waals surface area contributed by atoms with E-state index in [1.54, 1.807) is 12.1 Å². The van der Waals surface area contributed by atoms with Gasteiger partial charge in [-0.05, 0) is 63.9 Å². The van der Waals surface area contributed by atoms with Crippen LogP contribution in [0.15, 0.2) is 18.2 Å². The number of esters is 1. The largest absolute Gasteiger partial charge is 0.488 e. The molecule has 1 fully saturated rings. The molecule has 1 aliphatic heterocycles. The first-order valence-electron chi connectivity index (χ1n) is 8.25. The number of carbonyl (C=O) groups excluding carboxylic acids is 1. The molecular formula is C18H26FNO3. The van der Waals surface area contributed by atoms with Crippen LogP contribution in [0.5, 0.6) is 5.75 Å². The minimum absolute atomic E-state index is 0.0289. The second-order valence-electron chi connectivity index (χ2n) is 6.32. The van der Waals surface area contributed by atoms with Gasteiger partial charge in [0, 0.05) is 6.54 Å². The fraction of sp³-hybridized carbons (Fsp3) is 0.611. The fourth-order valence-corrected chi connectivity index (χ4v) is 2.90. The Morgan fingerprint density at radius 1 is 1.35 bits per heavy atom. The Bertz CT molecular complexity index is 525. The third-order valence-corrected chi connectivity index (χ3v) is 4.20. The number of hydrogen-bond donors (Lipinski definition) is 0. The van der Waals surface area contributed by atoms with Gasteiger partial charge in [0.25, 0.3) is 0 Å². The average molecular weight is 323 g/mol. The van der Waals surface area contributed by atoms with Gasteiger partial charge < -0.3 is 14.4 Å². The highest BCUT2D eigenvalue weighted by Crippen LogP contribution is 2.21. The number of benzene rings is 1. The van der Waals surface area contributed by atoms with Gasteiger partial charge in [-0.25, -0.2) is 4.39 Å². The Kier molecular flexibility index (Phi) is 6.39. The van der Waals surface area contributed by atoms with E-state index in [0.717, 1.165) is 44.5 Å². The van der Waals surface area contributed by atoms with E-state index in [9.17, 15) is 9.18 Å². The summed E-state index contributed by atoms with van der Waals surface area (Å²) < 4.78 is 24.2. The van der Waals surface area contributed by atoms with E-state index in [1.807, 2.05) is 19.9 Å². The zero-order valence-corrected chi connectivity index (χ0v) is 14.2. The molecule has 0 aliphatic carbocycles. The van der Waals surface area contributed by atoms with Crippen molar-refractivity contribution in [2.75, 3.05) is 26.7 Å². The van der Waals surface area contributed by atoms with Gasteiger partial charge >= 0.3 is 5.97 Å². The van der Waals surface area contributed by atoms with Crippen LogP contribution in [-0.2, 0) is 16.0 Å². The number of piperidine rings is 1. The van der Waals surface area contributed by atoms with Crippen LogP contribution in [-0.4, -0.2) is 43.7 Å². The third-order valence-electron chi connectivity index (χ3n) is 4.20. The van der Waals surface area contributed by atoms with Crippen molar-refractivity contribution in [3.05, 3.63) is 29.6 Å². The number of rotatable bonds is 6. The SMILES string of the molecule is COC(=O)C1CCN(CCc2ccc(OC(C)C)c(F)c2)CC1. The van der Waals surface area contributed by atoms with Crippen molar-refractivity contribution in [3.8, 4) is 5.75 Å². The van der Waals surface area contributed by atoms with Crippen molar-refractivity contribution in [3.63, 3.8) is 0 Å². The van der Waals surface area contributed by atoms with Crippen LogP contribution in [0, 0.1) is 11.7 Å². The quantitative estimate of drug-likeness (QED) is 0.754. The molecule has 1 saturated heterocycles. The zero-order chi connectivity index (χ0) is 16.8. The molecule has 0 spiro atoms. The highest BCUT2D eigenvalue weighted by Gasteiger charge is 2.25. The minimum Gasteiger partial charge on any atom is -0.488 e. The standard InChI is InChI=1S/C18H26FNO3/c1-13(2)23-17-5-4-14(12-16(17)19)6-9-20-10-7-15(8-11-20)18(21)22-3/h4-5,12-13,15H,6-11H2,1-3H3. The topological polar surface area (TPSA) is 38.8 Å². The smallest absolute Gasteiger partial charge is 0.308 e. The highest BCUT2D eigenvalue weighted by atomic mass is 19.1. The number of hydrogen-bond acceptors (Lipinski definition) is 4. The number of methoxy groups -OCH3 is 1. The Balaban J connectivity index is 1.80. The van der Waals surface area contributed by atoms with Gasteiger partial charge in [-0.1, -0.05) is 6.07 Å². The molecule has 0 unspecified atom stereocenters. The first-order valence-corrected chi connectivity index (χ1v) is 8.25. The van der Waals surface area contributed by atoms with Crippen LogP contribution in [0.25, 0.3) is 0 Å². The minimum atomic E-state index is -0.305. The second kappa shape index (κ2) is 8.29. The molecule has 5 heteroatoms. The lowest BCUT2D eigenvalue weighted by molar-refractivity contribution is -0.147. The summed E-state index contributed by atoms with van der Waals surface area (Å²) in [6, 6.07) is 5.18. The number of likely N-dealkylation sites (tertiary alicyclic amines) is 1. The number of halogens is 1. The molecular weight excluding hydrogens is 297 g/mol. The Morgan fingerprint density at radius 2 is 2.04 bits per heavy atom. The van der Waals surface area contributed by atoms with Crippen molar-refractivity contribution < 1.29 is 18.7 Å². The lowest BCUT2D eigenvalue weighted by atomic mass is 9.97. The Labute approximate surface area is 137 Å². The van der Waals surface area contributed by atoms with E-state index in [2.05, 4.69) is 4.90 Å². The third kappa shape index (κ3) is 5.20. The molecule has 0 aromatic heterocycles. The molecule has 2 rings (SSSR count). The van der Waals surface area contributed by atoms with E-state index in [-0.39, 0.29) is 23.8 Å².